The van der Waals surface area contributed by atoms with Crippen molar-refractivity contribution >= 4 is 15.7 Å². The fraction of sp³-hybridized carbons (Fsp3) is 0.143. The van der Waals surface area contributed by atoms with E-state index in [0.717, 1.165) is 16.7 Å². The van der Waals surface area contributed by atoms with Crippen LogP contribution >= 0.6 is 0 Å². The zero-order chi connectivity index (χ0) is 17.9. The lowest BCUT2D eigenvalue weighted by Crippen LogP contribution is -2.30. The molecule has 0 bridgehead atoms. The van der Waals surface area contributed by atoms with Crippen molar-refractivity contribution in [3.8, 4) is 0 Å². The number of hydrogen-bond acceptors (Lipinski definition) is 2. The lowest BCUT2D eigenvalue weighted by Gasteiger charge is -2.25. The summed E-state index contributed by atoms with van der Waals surface area (Å²) < 4.78 is 28.0. The Morgan fingerprint density at radius 3 is 2.08 bits per heavy atom. The molecule has 0 radical (unpaired) electrons. The van der Waals surface area contributed by atoms with E-state index in [1.54, 1.807) is 12.1 Å². The van der Waals surface area contributed by atoms with Gasteiger partial charge in [0.2, 0.25) is 0 Å². The molecule has 0 unspecified atom stereocenters. The van der Waals surface area contributed by atoms with Crippen LogP contribution in [0, 0.1) is 13.8 Å². The Kier molecular flexibility index (Phi) is 4.91. The summed E-state index contributed by atoms with van der Waals surface area (Å²) in [6, 6.07) is 24.1. The molecule has 0 aromatic heterocycles. The van der Waals surface area contributed by atoms with Gasteiger partial charge in [-0.25, -0.2) is 8.42 Å². The van der Waals surface area contributed by atoms with Gasteiger partial charge in [-0.15, -0.1) is 0 Å². The molecule has 0 fully saturated rings. The third kappa shape index (κ3) is 3.91. The second-order valence-corrected chi connectivity index (χ2v) is 8.01. The number of anilines is 1. The van der Waals surface area contributed by atoms with Gasteiger partial charge in [-0.2, -0.15) is 0 Å². The molecule has 3 aromatic carbocycles. The van der Waals surface area contributed by atoms with Crippen molar-refractivity contribution in [3.05, 3.63) is 95.6 Å². The molecule has 0 N–H and O–H groups in total. The molecule has 0 spiro atoms. The van der Waals surface area contributed by atoms with E-state index in [4.69, 9.17) is 0 Å². The predicted octanol–water partition coefficient (Wildman–Crippen LogP) is 4.70. The molecule has 0 saturated heterocycles. The van der Waals surface area contributed by atoms with Crippen LogP contribution in [-0.2, 0) is 16.6 Å². The molecule has 4 heteroatoms. The Morgan fingerprint density at radius 1 is 0.760 bits per heavy atom. The van der Waals surface area contributed by atoms with Crippen LogP contribution in [-0.4, -0.2) is 8.42 Å². The highest BCUT2D eigenvalue weighted by Gasteiger charge is 2.25. The summed E-state index contributed by atoms with van der Waals surface area (Å²) in [6.45, 7) is 4.24. The SMILES string of the molecule is Cc1ccc(S(=O)(=O)N(Cc2cccc(C)c2)c2ccccc2)cc1. The van der Waals surface area contributed by atoms with Crippen LogP contribution in [0.5, 0.6) is 0 Å². The van der Waals surface area contributed by atoms with E-state index in [1.165, 1.54) is 4.31 Å². The Balaban J connectivity index is 2.06. The first-order valence-electron chi connectivity index (χ1n) is 8.17. The number of hydrogen-bond donors (Lipinski definition) is 0. The lowest BCUT2D eigenvalue weighted by atomic mass is 10.1. The van der Waals surface area contributed by atoms with Crippen LogP contribution in [0.2, 0.25) is 0 Å². The first kappa shape index (κ1) is 17.2. The van der Waals surface area contributed by atoms with Gasteiger partial charge in [0.15, 0.2) is 0 Å². The minimum Gasteiger partial charge on any atom is -0.262 e. The van der Waals surface area contributed by atoms with Gasteiger partial charge < -0.3 is 0 Å². The van der Waals surface area contributed by atoms with Gasteiger partial charge in [0.05, 0.1) is 17.1 Å². The van der Waals surface area contributed by atoms with E-state index < -0.39 is 10.0 Å². The highest BCUT2D eigenvalue weighted by atomic mass is 32.2. The molecule has 0 saturated carbocycles. The average molecular weight is 351 g/mol. The van der Waals surface area contributed by atoms with Gasteiger partial charge in [0.25, 0.3) is 10.0 Å². The zero-order valence-corrected chi connectivity index (χ0v) is 15.2. The quantitative estimate of drug-likeness (QED) is 0.668. The molecule has 0 aliphatic carbocycles. The fourth-order valence-electron chi connectivity index (χ4n) is 2.72. The average Bonchev–Trinajstić information content (AvgIpc) is 2.61. The Bertz CT molecular complexity index is 949. The van der Waals surface area contributed by atoms with Crippen LogP contribution < -0.4 is 4.31 Å². The van der Waals surface area contributed by atoms with E-state index >= 15 is 0 Å². The molecule has 25 heavy (non-hydrogen) atoms. The number of aryl methyl sites for hydroxylation is 2. The first-order chi connectivity index (χ1) is 12.0. The summed E-state index contributed by atoms with van der Waals surface area (Å²) in [5.74, 6) is 0. The molecule has 0 heterocycles. The third-order valence-electron chi connectivity index (χ3n) is 4.06. The summed E-state index contributed by atoms with van der Waals surface area (Å²) in [6.07, 6.45) is 0. The molecule has 128 valence electrons. The summed E-state index contributed by atoms with van der Waals surface area (Å²) in [7, 11) is -3.65. The summed E-state index contributed by atoms with van der Waals surface area (Å²) in [5, 5.41) is 0. The number of benzene rings is 3. The lowest BCUT2D eigenvalue weighted by molar-refractivity contribution is 0.590. The number of nitrogens with zero attached hydrogens (tertiary/aromatic N) is 1. The van der Waals surface area contributed by atoms with E-state index in [-0.39, 0.29) is 0 Å². The maximum Gasteiger partial charge on any atom is 0.264 e. The van der Waals surface area contributed by atoms with Crippen LogP contribution in [0.4, 0.5) is 5.69 Å². The molecule has 0 aliphatic rings. The number of sulfonamides is 1. The van der Waals surface area contributed by atoms with Crippen LogP contribution in [0.1, 0.15) is 16.7 Å². The molecule has 0 atom stereocenters. The van der Waals surface area contributed by atoms with E-state index in [2.05, 4.69) is 0 Å². The van der Waals surface area contributed by atoms with Gasteiger partial charge in [-0.1, -0.05) is 65.7 Å². The standard InChI is InChI=1S/C21H21NO2S/c1-17-11-13-21(14-12-17)25(23,24)22(20-9-4-3-5-10-20)16-19-8-6-7-18(2)15-19/h3-15H,16H2,1-2H3. The molecule has 0 amide bonds. The maximum absolute atomic E-state index is 13.3. The molecule has 0 aliphatic heterocycles. The van der Waals surface area contributed by atoms with Crippen molar-refractivity contribution in [2.45, 2.75) is 25.3 Å². The molecule has 3 aromatic rings. The molecule has 3 nitrogen and oxygen atoms in total. The first-order valence-corrected chi connectivity index (χ1v) is 9.61. The predicted molar refractivity (Wildman–Crippen MR) is 102 cm³/mol. The van der Waals surface area contributed by atoms with Gasteiger partial charge in [-0.05, 0) is 43.7 Å². The van der Waals surface area contributed by atoms with Crippen LogP contribution in [0.15, 0.2) is 83.8 Å². The van der Waals surface area contributed by atoms with Gasteiger partial charge in [-0.3, -0.25) is 4.31 Å². The zero-order valence-electron chi connectivity index (χ0n) is 14.4. The van der Waals surface area contributed by atoms with Gasteiger partial charge >= 0.3 is 0 Å². The van der Waals surface area contributed by atoms with Crippen LogP contribution in [0.25, 0.3) is 0 Å². The van der Waals surface area contributed by atoms with Crippen molar-refractivity contribution < 1.29 is 8.42 Å². The van der Waals surface area contributed by atoms with Gasteiger partial charge in [0.1, 0.15) is 0 Å². The van der Waals surface area contributed by atoms with Crippen molar-refractivity contribution in [1.82, 2.24) is 0 Å². The number of para-hydroxylation sites is 1. The maximum atomic E-state index is 13.3. The van der Waals surface area contributed by atoms with Crippen molar-refractivity contribution in [1.29, 1.82) is 0 Å². The second kappa shape index (κ2) is 7.11. The molecular formula is C21H21NO2S. The molecular weight excluding hydrogens is 330 g/mol. The second-order valence-electron chi connectivity index (χ2n) is 6.15. The minimum atomic E-state index is -3.65. The van der Waals surface area contributed by atoms with Crippen molar-refractivity contribution in [2.24, 2.45) is 0 Å². The normalized spacial score (nSPS) is 11.3. The van der Waals surface area contributed by atoms with Crippen molar-refractivity contribution in [3.63, 3.8) is 0 Å². The topological polar surface area (TPSA) is 37.4 Å². The van der Waals surface area contributed by atoms with Crippen molar-refractivity contribution in [2.75, 3.05) is 4.31 Å². The fourth-order valence-corrected chi connectivity index (χ4v) is 4.18. The minimum absolute atomic E-state index is 0.294. The number of rotatable bonds is 5. The Hall–Kier alpha value is -2.59. The van der Waals surface area contributed by atoms with E-state index in [0.29, 0.717) is 17.1 Å². The Morgan fingerprint density at radius 2 is 1.44 bits per heavy atom. The molecule has 3 rings (SSSR count). The summed E-state index contributed by atoms with van der Waals surface area (Å²) >= 11 is 0. The largest absolute Gasteiger partial charge is 0.264 e. The third-order valence-corrected chi connectivity index (χ3v) is 5.85. The Labute approximate surface area is 149 Å². The highest BCUT2D eigenvalue weighted by Crippen LogP contribution is 2.26. The van der Waals surface area contributed by atoms with Gasteiger partial charge in [0, 0.05) is 0 Å². The highest BCUT2D eigenvalue weighted by molar-refractivity contribution is 7.92. The summed E-state index contributed by atoms with van der Waals surface area (Å²) in [5.41, 5.74) is 3.76. The van der Waals surface area contributed by atoms with E-state index in [9.17, 15) is 8.42 Å². The van der Waals surface area contributed by atoms with E-state index in [1.807, 2.05) is 80.6 Å². The smallest absolute Gasteiger partial charge is 0.262 e. The monoisotopic (exact) mass is 351 g/mol. The van der Waals surface area contributed by atoms with Crippen LogP contribution in [0.3, 0.4) is 0 Å². The summed E-state index contributed by atoms with van der Waals surface area (Å²) in [4.78, 5) is 0.301.